The van der Waals surface area contributed by atoms with Gasteiger partial charge >= 0.3 is 12.0 Å². The van der Waals surface area contributed by atoms with E-state index in [1.165, 1.54) is 0 Å². The Morgan fingerprint density at radius 2 is 2.00 bits per heavy atom. The highest BCUT2D eigenvalue weighted by molar-refractivity contribution is 5.73. The number of carbonyl (C=O) groups excluding carboxylic acids is 1. The van der Waals surface area contributed by atoms with Gasteiger partial charge in [0.1, 0.15) is 0 Å². The van der Waals surface area contributed by atoms with Crippen LogP contribution in [-0.4, -0.2) is 42.9 Å². The van der Waals surface area contributed by atoms with Crippen LogP contribution in [-0.2, 0) is 9.53 Å². The van der Waals surface area contributed by atoms with Crippen LogP contribution >= 0.6 is 0 Å². The molecule has 0 aromatic carbocycles. The van der Waals surface area contributed by atoms with Crippen molar-refractivity contribution in [1.29, 1.82) is 0 Å². The Morgan fingerprint density at radius 1 is 1.29 bits per heavy atom. The highest BCUT2D eigenvalue weighted by Crippen LogP contribution is 2.33. The van der Waals surface area contributed by atoms with Gasteiger partial charge in [0.25, 0.3) is 0 Å². The van der Waals surface area contributed by atoms with E-state index in [1.54, 1.807) is 0 Å². The second-order valence-corrected chi connectivity index (χ2v) is 6.69. The van der Waals surface area contributed by atoms with E-state index >= 15 is 0 Å². The van der Waals surface area contributed by atoms with Crippen molar-refractivity contribution in [3.05, 3.63) is 0 Å². The van der Waals surface area contributed by atoms with Crippen LogP contribution in [0.25, 0.3) is 0 Å². The average Bonchev–Trinajstić information content (AvgIpc) is 2.40. The SMILES string of the molecule is CC(C)(C)C1OCCCC1CNC(=O)NCCCC(=O)O. The Bertz CT molecular complexity index is 352. The Morgan fingerprint density at radius 3 is 2.62 bits per heavy atom. The molecule has 0 spiro atoms. The lowest BCUT2D eigenvalue weighted by Gasteiger charge is -2.40. The third kappa shape index (κ3) is 6.80. The third-order valence-corrected chi connectivity index (χ3v) is 3.68. The van der Waals surface area contributed by atoms with Crippen molar-refractivity contribution in [3.8, 4) is 0 Å². The maximum absolute atomic E-state index is 11.7. The summed E-state index contributed by atoms with van der Waals surface area (Å²) in [6, 6.07) is -0.237. The minimum absolute atomic E-state index is 0.0602. The molecule has 1 saturated heterocycles. The Kier molecular flexibility index (Phi) is 6.95. The fraction of sp³-hybridized carbons (Fsp3) is 0.867. The number of carboxylic acids is 1. The van der Waals surface area contributed by atoms with Gasteiger partial charge in [0.15, 0.2) is 0 Å². The van der Waals surface area contributed by atoms with Gasteiger partial charge in [0.05, 0.1) is 6.10 Å². The summed E-state index contributed by atoms with van der Waals surface area (Å²) in [6.45, 7) is 8.22. The van der Waals surface area contributed by atoms with Gasteiger partial charge in [0, 0.05) is 32.0 Å². The molecule has 1 aliphatic rings. The van der Waals surface area contributed by atoms with E-state index in [2.05, 4.69) is 31.4 Å². The summed E-state index contributed by atoms with van der Waals surface area (Å²) in [5, 5.41) is 14.1. The fourth-order valence-corrected chi connectivity index (χ4v) is 2.74. The van der Waals surface area contributed by atoms with Crippen molar-refractivity contribution < 1.29 is 19.4 Å². The summed E-state index contributed by atoms with van der Waals surface area (Å²) in [6.07, 6.45) is 2.75. The van der Waals surface area contributed by atoms with Gasteiger partial charge in [0.2, 0.25) is 0 Å². The first-order valence-electron chi connectivity index (χ1n) is 7.66. The largest absolute Gasteiger partial charge is 0.481 e. The molecule has 0 radical (unpaired) electrons. The maximum Gasteiger partial charge on any atom is 0.314 e. The van der Waals surface area contributed by atoms with Gasteiger partial charge in [-0.15, -0.1) is 0 Å². The van der Waals surface area contributed by atoms with Crippen LogP contribution in [0.4, 0.5) is 4.79 Å². The number of carboxylic acid groups (broad SMARTS) is 1. The number of carbonyl (C=O) groups is 2. The molecule has 3 N–H and O–H groups in total. The van der Waals surface area contributed by atoms with Crippen molar-refractivity contribution in [1.82, 2.24) is 10.6 Å². The summed E-state index contributed by atoms with van der Waals surface area (Å²) in [4.78, 5) is 22.0. The molecule has 21 heavy (non-hydrogen) atoms. The van der Waals surface area contributed by atoms with E-state index in [4.69, 9.17) is 9.84 Å². The zero-order valence-corrected chi connectivity index (χ0v) is 13.3. The zero-order valence-electron chi connectivity index (χ0n) is 13.3. The third-order valence-electron chi connectivity index (χ3n) is 3.68. The molecule has 2 amide bonds. The molecule has 0 aromatic rings. The Hall–Kier alpha value is -1.30. The number of urea groups is 1. The maximum atomic E-state index is 11.7. The summed E-state index contributed by atoms with van der Waals surface area (Å²) in [5.41, 5.74) is 0.0602. The summed E-state index contributed by atoms with van der Waals surface area (Å²) in [5.74, 6) is -0.520. The lowest BCUT2D eigenvalue weighted by atomic mass is 9.78. The first kappa shape index (κ1) is 17.8. The van der Waals surface area contributed by atoms with Gasteiger partial charge in [-0.25, -0.2) is 4.79 Å². The molecule has 0 aliphatic carbocycles. The molecule has 0 aromatic heterocycles. The van der Waals surface area contributed by atoms with E-state index in [0.717, 1.165) is 19.4 Å². The van der Waals surface area contributed by atoms with E-state index in [9.17, 15) is 9.59 Å². The zero-order chi connectivity index (χ0) is 15.9. The summed E-state index contributed by atoms with van der Waals surface area (Å²) < 4.78 is 5.88. The molecule has 122 valence electrons. The second-order valence-electron chi connectivity index (χ2n) is 6.69. The molecule has 1 rings (SSSR count). The lowest BCUT2D eigenvalue weighted by Crippen LogP contribution is -2.47. The molecule has 0 saturated carbocycles. The standard InChI is InChI=1S/C15H28N2O4/c1-15(2,3)13-11(6-5-9-21-13)10-17-14(20)16-8-4-7-12(18)19/h11,13H,4-10H2,1-3H3,(H,18,19)(H2,16,17,20). The predicted octanol–water partition coefficient (Wildman–Crippen LogP) is 1.99. The van der Waals surface area contributed by atoms with Crippen LogP contribution in [0.5, 0.6) is 0 Å². The summed E-state index contributed by atoms with van der Waals surface area (Å²) >= 11 is 0. The first-order valence-corrected chi connectivity index (χ1v) is 7.66. The van der Waals surface area contributed by atoms with Crippen LogP contribution in [0.15, 0.2) is 0 Å². The van der Waals surface area contributed by atoms with Gasteiger partial charge in [-0.2, -0.15) is 0 Å². The number of nitrogens with one attached hydrogen (secondary N) is 2. The summed E-state index contributed by atoms with van der Waals surface area (Å²) in [7, 11) is 0. The van der Waals surface area contributed by atoms with E-state index in [1.807, 2.05) is 0 Å². The van der Waals surface area contributed by atoms with E-state index in [-0.39, 0.29) is 24.0 Å². The highest BCUT2D eigenvalue weighted by Gasteiger charge is 2.35. The van der Waals surface area contributed by atoms with Crippen molar-refractivity contribution in [2.75, 3.05) is 19.7 Å². The van der Waals surface area contributed by atoms with Gasteiger partial charge in [-0.3, -0.25) is 4.79 Å². The van der Waals surface area contributed by atoms with Crippen LogP contribution < -0.4 is 10.6 Å². The molecule has 1 fully saturated rings. The Balaban J connectivity index is 2.28. The quantitative estimate of drug-likeness (QED) is 0.655. The van der Waals surface area contributed by atoms with E-state index in [0.29, 0.717) is 25.4 Å². The first-order chi connectivity index (χ1) is 9.80. The van der Waals surface area contributed by atoms with Crippen molar-refractivity contribution in [3.63, 3.8) is 0 Å². The predicted molar refractivity (Wildman–Crippen MR) is 80.2 cm³/mol. The smallest absolute Gasteiger partial charge is 0.314 e. The van der Waals surface area contributed by atoms with Gasteiger partial charge < -0.3 is 20.5 Å². The average molecular weight is 300 g/mol. The van der Waals surface area contributed by atoms with Crippen molar-refractivity contribution >= 4 is 12.0 Å². The number of hydrogen-bond acceptors (Lipinski definition) is 3. The monoisotopic (exact) mass is 300 g/mol. The molecule has 1 aliphatic heterocycles. The number of ether oxygens (including phenoxy) is 1. The van der Waals surface area contributed by atoms with Gasteiger partial charge in [-0.05, 0) is 24.7 Å². The lowest BCUT2D eigenvalue weighted by molar-refractivity contribution is -0.137. The highest BCUT2D eigenvalue weighted by atomic mass is 16.5. The van der Waals surface area contributed by atoms with Crippen molar-refractivity contribution in [2.45, 2.75) is 52.6 Å². The number of rotatable bonds is 6. The minimum atomic E-state index is -0.843. The van der Waals surface area contributed by atoms with Crippen LogP contribution in [0, 0.1) is 11.3 Å². The molecule has 6 nitrogen and oxygen atoms in total. The molecule has 1 heterocycles. The van der Waals surface area contributed by atoms with E-state index < -0.39 is 5.97 Å². The normalized spacial score (nSPS) is 22.6. The van der Waals surface area contributed by atoms with Crippen LogP contribution in [0.3, 0.4) is 0 Å². The molecule has 2 unspecified atom stereocenters. The topological polar surface area (TPSA) is 87.7 Å². The molecule has 2 atom stereocenters. The fourth-order valence-electron chi connectivity index (χ4n) is 2.74. The Labute approximate surface area is 126 Å². The molecular weight excluding hydrogens is 272 g/mol. The van der Waals surface area contributed by atoms with Crippen LogP contribution in [0.2, 0.25) is 0 Å². The van der Waals surface area contributed by atoms with Crippen molar-refractivity contribution in [2.24, 2.45) is 11.3 Å². The molecule has 0 bridgehead atoms. The second kappa shape index (κ2) is 8.22. The molecule has 6 heteroatoms. The number of amides is 2. The van der Waals surface area contributed by atoms with Gasteiger partial charge in [-0.1, -0.05) is 20.8 Å². The molecular formula is C15H28N2O4. The number of aliphatic carboxylic acids is 1. The van der Waals surface area contributed by atoms with Crippen LogP contribution in [0.1, 0.15) is 46.5 Å². The minimum Gasteiger partial charge on any atom is -0.481 e. The number of hydrogen-bond donors (Lipinski definition) is 3.